The maximum absolute atomic E-state index is 12.8. The number of rotatable bonds is 6. The number of amides is 2. The zero-order valence-electron chi connectivity index (χ0n) is 20.1. The average Bonchev–Trinajstić information content (AvgIpc) is 3.35. The van der Waals surface area contributed by atoms with Crippen LogP contribution in [0.4, 0.5) is 29.7 Å². The van der Waals surface area contributed by atoms with Crippen molar-refractivity contribution in [3.63, 3.8) is 0 Å². The number of urea groups is 1. The van der Waals surface area contributed by atoms with Crippen molar-refractivity contribution in [2.45, 2.75) is 52.0 Å². The van der Waals surface area contributed by atoms with Crippen LogP contribution in [0.15, 0.2) is 49.1 Å². The smallest absolute Gasteiger partial charge is 0.346 e. The predicted molar refractivity (Wildman–Crippen MR) is 122 cm³/mol. The number of benzene rings is 1. The molecule has 34 heavy (non-hydrogen) atoms. The lowest BCUT2D eigenvalue weighted by Crippen LogP contribution is -2.40. The Labute approximate surface area is 196 Å². The third kappa shape index (κ3) is 4.68. The molecule has 8 nitrogen and oxygen atoms in total. The molecule has 0 saturated carbocycles. The fourth-order valence-electron chi connectivity index (χ4n) is 4.01. The van der Waals surface area contributed by atoms with Crippen molar-refractivity contribution in [2.75, 3.05) is 10.2 Å². The van der Waals surface area contributed by atoms with E-state index in [1.54, 1.807) is 23.8 Å². The minimum Gasteiger partial charge on any atom is -0.346 e. The summed E-state index contributed by atoms with van der Waals surface area (Å²) in [5.41, 5.74) is 0.447. The third-order valence-electron chi connectivity index (χ3n) is 5.65. The fourth-order valence-corrected chi connectivity index (χ4v) is 4.01. The van der Waals surface area contributed by atoms with Crippen LogP contribution in [0.1, 0.15) is 46.4 Å². The lowest BCUT2D eigenvalue weighted by Gasteiger charge is -2.27. The van der Waals surface area contributed by atoms with E-state index >= 15 is 0 Å². The number of alkyl halides is 3. The van der Waals surface area contributed by atoms with Gasteiger partial charge in [0, 0.05) is 24.1 Å². The Bertz CT molecular complexity index is 1210. The van der Waals surface area contributed by atoms with Gasteiger partial charge in [0.15, 0.2) is 0 Å². The molecule has 3 aromatic rings. The van der Waals surface area contributed by atoms with Gasteiger partial charge in [0.1, 0.15) is 5.82 Å². The fraction of sp³-hybridized carbons (Fsp3) is 0.391. The molecule has 1 aromatic carbocycles. The Morgan fingerprint density at radius 2 is 1.85 bits per heavy atom. The van der Waals surface area contributed by atoms with Crippen molar-refractivity contribution in [1.29, 1.82) is 0 Å². The molecule has 0 bridgehead atoms. The van der Waals surface area contributed by atoms with Crippen LogP contribution in [-0.2, 0) is 6.18 Å². The zero-order valence-corrected chi connectivity index (χ0v) is 19.1. The zero-order chi connectivity index (χ0) is 25.5. The number of hydrogen-bond acceptors (Lipinski definition) is 5. The number of hydrogen-bond donors (Lipinski definition) is 2. The van der Waals surface area contributed by atoms with Crippen LogP contribution in [0.3, 0.4) is 0 Å². The van der Waals surface area contributed by atoms with E-state index in [0.717, 1.165) is 12.1 Å². The Morgan fingerprint density at radius 3 is 2.50 bits per heavy atom. The summed E-state index contributed by atoms with van der Waals surface area (Å²) in [7, 11) is 0. The highest BCUT2D eigenvalue weighted by Gasteiger charge is 2.40. The lowest BCUT2D eigenvalue weighted by atomic mass is 9.98. The van der Waals surface area contributed by atoms with E-state index in [9.17, 15) is 18.0 Å². The first-order valence-electron chi connectivity index (χ1n) is 11.3. The van der Waals surface area contributed by atoms with Gasteiger partial charge in [-0.3, -0.25) is 4.90 Å². The molecular weight excluding hydrogens is 447 g/mol. The Morgan fingerprint density at radius 1 is 1.15 bits per heavy atom. The van der Waals surface area contributed by atoms with E-state index in [2.05, 4.69) is 25.6 Å². The summed E-state index contributed by atoms with van der Waals surface area (Å²) in [5, 5.41) is 5.83. The number of anilines is 2. The van der Waals surface area contributed by atoms with Gasteiger partial charge in [-0.2, -0.15) is 18.2 Å². The number of imidazole rings is 1. The highest BCUT2D eigenvalue weighted by atomic mass is 19.4. The summed E-state index contributed by atoms with van der Waals surface area (Å²) in [4.78, 5) is 27.2. The molecule has 0 spiro atoms. The highest BCUT2D eigenvalue weighted by Crippen LogP contribution is 2.30. The van der Waals surface area contributed by atoms with Crippen molar-refractivity contribution in [3.8, 4) is 5.69 Å². The number of carbonyl (C=O) groups excluding carboxylic acids is 1. The number of halogens is 3. The molecule has 180 valence electrons. The molecule has 0 radical (unpaired) electrons. The van der Waals surface area contributed by atoms with Gasteiger partial charge < -0.3 is 15.2 Å². The lowest BCUT2D eigenvalue weighted by molar-refractivity contribution is -0.137. The van der Waals surface area contributed by atoms with Crippen LogP contribution in [0.2, 0.25) is 0 Å². The molecule has 1 aliphatic rings. The number of aromatic nitrogens is 4. The molecule has 0 aliphatic carbocycles. The number of nitrogens with zero attached hydrogens (tertiary/aromatic N) is 5. The SMILES string of the molecule is [2H]C1(C)NC(=O)N(c2ccnc(N[C@@H](C)c3cn(-c4ccc(C(F)(F)F)cc4)cn3)n2)[C@H]1C(C)C. The molecule has 3 atom stereocenters. The summed E-state index contributed by atoms with van der Waals surface area (Å²) in [5.74, 6) is 0.654. The van der Waals surface area contributed by atoms with Crippen molar-refractivity contribution in [2.24, 2.45) is 5.92 Å². The highest BCUT2D eigenvalue weighted by molar-refractivity contribution is 5.94. The van der Waals surface area contributed by atoms with Crippen molar-refractivity contribution < 1.29 is 19.3 Å². The Hall–Kier alpha value is -3.63. The summed E-state index contributed by atoms with van der Waals surface area (Å²) >= 11 is 0. The van der Waals surface area contributed by atoms with E-state index in [1.807, 2.05) is 20.8 Å². The third-order valence-corrected chi connectivity index (χ3v) is 5.65. The second kappa shape index (κ2) is 8.96. The van der Waals surface area contributed by atoms with Crippen LogP contribution in [0, 0.1) is 5.92 Å². The van der Waals surface area contributed by atoms with Gasteiger partial charge in [-0.1, -0.05) is 13.8 Å². The molecule has 3 heterocycles. The molecule has 1 fully saturated rings. The minimum atomic E-state index is -4.39. The van der Waals surface area contributed by atoms with Gasteiger partial charge in [0.05, 0.1) is 31.0 Å². The maximum atomic E-state index is 12.8. The van der Waals surface area contributed by atoms with E-state index in [4.69, 9.17) is 1.37 Å². The molecule has 4 rings (SSSR count). The summed E-state index contributed by atoms with van der Waals surface area (Å²) in [6.07, 6.45) is 0.362. The van der Waals surface area contributed by atoms with E-state index in [-0.39, 0.29) is 17.9 Å². The summed E-state index contributed by atoms with van der Waals surface area (Å²) < 4.78 is 48.5. The quantitative estimate of drug-likeness (QED) is 0.536. The van der Waals surface area contributed by atoms with Crippen molar-refractivity contribution >= 4 is 17.8 Å². The van der Waals surface area contributed by atoms with Crippen LogP contribution in [0.25, 0.3) is 5.69 Å². The number of nitrogens with one attached hydrogen (secondary N) is 2. The molecule has 2 aromatic heterocycles. The van der Waals surface area contributed by atoms with Crippen LogP contribution in [0.5, 0.6) is 0 Å². The predicted octanol–water partition coefficient (Wildman–Crippen LogP) is 4.80. The summed E-state index contributed by atoms with van der Waals surface area (Å²) in [6.45, 7) is 7.39. The van der Waals surface area contributed by atoms with Crippen LogP contribution in [-0.4, -0.2) is 37.6 Å². The Kier molecular flexibility index (Phi) is 5.84. The number of carbonyl (C=O) groups is 1. The van der Waals surface area contributed by atoms with E-state index in [0.29, 0.717) is 17.2 Å². The van der Waals surface area contributed by atoms with Gasteiger partial charge in [0.2, 0.25) is 5.95 Å². The van der Waals surface area contributed by atoms with Gasteiger partial charge in [-0.15, -0.1) is 0 Å². The van der Waals surface area contributed by atoms with Gasteiger partial charge in [0.25, 0.3) is 0 Å². The van der Waals surface area contributed by atoms with Gasteiger partial charge >= 0.3 is 12.2 Å². The molecule has 1 saturated heterocycles. The molecule has 1 unspecified atom stereocenters. The first kappa shape index (κ1) is 22.2. The monoisotopic (exact) mass is 474 g/mol. The maximum Gasteiger partial charge on any atom is 0.416 e. The normalized spacial score (nSPS) is 22.0. The Balaban J connectivity index is 1.51. The molecular formula is C23H26F3N7O. The van der Waals surface area contributed by atoms with Crippen LogP contribution < -0.4 is 15.5 Å². The largest absolute Gasteiger partial charge is 0.416 e. The van der Waals surface area contributed by atoms with E-state index in [1.165, 1.54) is 29.6 Å². The molecule has 1 aliphatic heterocycles. The summed E-state index contributed by atoms with van der Waals surface area (Å²) in [6, 6.07) is 4.11. The van der Waals surface area contributed by atoms with Crippen molar-refractivity contribution in [3.05, 3.63) is 60.3 Å². The molecule has 11 heteroatoms. The first-order chi connectivity index (χ1) is 16.4. The second-order valence-electron chi connectivity index (χ2n) is 8.53. The minimum absolute atomic E-state index is 0.0101. The van der Waals surface area contributed by atoms with Crippen LogP contribution >= 0.6 is 0 Å². The molecule has 2 amide bonds. The molecule has 2 N–H and O–H groups in total. The van der Waals surface area contributed by atoms with Gasteiger partial charge in [-0.25, -0.2) is 14.8 Å². The average molecular weight is 475 g/mol. The second-order valence-corrected chi connectivity index (χ2v) is 8.53. The van der Waals surface area contributed by atoms with Crippen molar-refractivity contribution in [1.82, 2.24) is 24.8 Å². The topological polar surface area (TPSA) is 88.0 Å². The van der Waals surface area contributed by atoms with E-state index < -0.39 is 29.8 Å². The standard InChI is InChI=1S/C23H26F3N7O/c1-13(2)20-15(4)30-22(34)33(20)19-9-10-27-21(31-19)29-14(3)18-11-32(12-28-18)17-7-5-16(6-8-17)23(24,25)26/h5-15,20H,1-4H3,(H,30,34)(H,27,29,31)/t14-,15?,20-/m0/s1/i15D. The first-order valence-corrected chi connectivity index (χ1v) is 10.8. The van der Waals surface area contributed by atoms with Gasteiger partial charge in [-0.05, 0) is 50.1 Å².